The average Bonchev–Trinajstić information content (AvgIpc) is 2.98. The van der Waals surface area contributed by atoms with Gasteiger partial charge in [0.15, 0.2) is 12.6 Å². The maximum absolute atomic E-state index is 12.6. The van der Waals surface area contributed by atoms with Crippen LogP contribution in [-0.4, -0.2) is 195 Å². The minimum atomic E-state index is -1.79. The Morgan fingerprint density at radius 1 is 1.07 bits per heavy atom. The van der Waals surface area contributed by atoms with Crippen LogP contribution in [0.15, 0.2) is 0 Å². The molecule has 1 saturated carbocycles. The summed E-state index contributed by atoms with van der Waals surface area (Å²) in [6, 6.07) is -4.06. The molecule has 15 atom stereocenters. The number of aliphatic hydroxyl groups is 8. The largest absolute Gasteiger partial charge is 0.394 e. The molecule has 264 valence electrons. The van der Waals surface area contributed by atoms with Crippen molar-refractivity contribution in [2.45, 2.75) is 105 Å². The fraction of sp³-hybridized carbons (Fsp3) is 0.960. The van der Waals surface area contributed by atoms with Crippen LogP contribution in [0.5, 0.6) is 0 Å². The van der Waals surface area contributed by atoms with Crippen LogP contribution in [0, 0.1) is 0 Å². The Balaban J connectivity index is 1.81. The number of hydrogen-bond acceptors (Lipinski definition) is 18. The van der Waals surface area contributed by atoms with Crippen LogP contribution in [0.1, 0.15) is 13.3 Å². The van der Waals surface area contributed by atoms with Gasteiger partial charge < -0.3 is 87.2 Å². The predicted molar refractivity (Wildman–Crippen MR) is 150 cm³/mol. The normalized spacial score (nSPS) is 43.1. The van der Waals surface area contributed by atoms with Crippen molar-refractivity contribution in [3.05, 3.63) is 0 Å². The first-order valence-electron chi connectivity index (χ1n) is 14.8. The molecule has 0 aromatic carbocycles. The van der Waals surface area contributed by atoms with E-state index in [4.69, 9.17) is 35.5 Å². The Morgan fingerprint density at radius 2 is 1.73 bits per heavy atom. The molecule has 15 unspecified atom stereocenters. The summed E-state index contributed by atoms with van der Waals surface area (Å²) in [6.45, 7) is 0.193. The highest BCUT2D eigenvalue weighted by atomic mass is 16.7. The van der Waals surface area contributed by atoms with E-state index in [2.05, 4.69) is 16.0 Å². The van der Waals surface area contributed by atoms with Gasteiger partial charge in [0.05, 0.1) is 37.9 Å². The number of amides is 2. The van der Waals surface area contributed by atoms with Gasteiger partial charge in [-0.05, 0) is 20.4 Å². The van der Waals surface area contributed by atoms with E-state index in [-0.39, 0.29) is 39.2 Å². The van der Waals surface area contributed by atoms with Gasteiger partial charge in [-0.15, -0.1) is 0 Å². The Kier molecular flexibility index (Phi) is 14.0. The van der Waals surface area contributed by atoms with E-state index in [1.807, 2.05) is 0 Å². The van der Waals surface area contributed by atoms with Crippen molar-refractivity contribution in [2.75, 3.05) is 46.4 Å². The second kappa shape index (κ2) is 16.6. The Bertz CT molecular complexity index is 927. The van der Waals surface area contributed by atoms with E-state index in [1.165, 1.54) is 14.0 Å². The van der Waals surface area contributed by atoms with Gasteiger partial charge in [0, 0.05) is 25.7 Å². The lowest BCUT2D eigenvalue weighted by Gasteiger charge is -2.49. The third kappa shape index (κ3) is 9.15. The SMILES string of the molecule is CNC1C(O)C(OC2C(NC(=O)N(O)CCN)CC(N)C(OC3OC(CNCC(O)CO)C(O)C(O)C3O)C2O)OCC1(C)O. The van der Waals surface area contributed by atoms with E-state index < -0.39 is 104 Å². The molecule has 0 radical (unpaired) electrons. The van der Waals surface area contributed by atoms with E-state index in [1.54, 1.807) is 0 Å². The summed E-state index contributed by atoms with van der Waals surface area (Å²) in [5.74, 6) is 0. The summed E-state index contributed by atoms with van der Waals surface area (Å²) in [5.41, 5.74) is 10.3. The number of rotatable bonds is 13. The van der Waals surface area contributed by atoms with Gasteiger partial charge in [0.1, 0.15) is 54.4 Å². The number of carbonyl (C=O) groups excluding carboxylic acids is 1. The average molecular weight is 659 g/mol. The summed E-state index contributed by atoms with van der Waals surface area (Å²) in [6.07, 6.45) is -16.5. The quantitative estimate of drug-likeness (QED) is 0.0645. The van der Waals surface area contributed by atoms with E-state index in [0.29, 0.717) is 5.06 Å². The summed E-state index contributed by atoms with van der Waals surface area (Å²) in [7, 11) is 1.51. The third-order valence-corrected chi connectivity index (χ3v) is 8.23. The van der Waals surface area contributed by atoms with Crippen LogP contribution in [0.25, 0.3) is 0 Å². The summed E-state index contributed by atoms with van der Waals surface area (Å²) >= 11 is 0. The van der Waals surface area contributed by atoms with Gasteiger partial charge in [-0.3, -0.25) is 5.21 Å². The molecule has 20 heteroatoms. The molecule has 2 amide bonds. The highest BCUT2D eigenvalue weighted by molar-refractivity contribution is 5.73. The Morgan fingerprint density at radius 3 is 2.36 bits per heavy atom. The molecule has 2 heterocycles. The Labute approximate surface area is 259 Å². The van der Waals surface area contributed by atoms with E-state index in [9.17, 15) is 45.7 Å². The van der Waals surface area contributed by atoms with Crippen molar-refractivity contribution in [1.29, 1.82) is 0 Å². The van der Waals surface area contributed by atoms with E-state index >= 15 is 0 Å². The molecule has 3 aliphatic rings. The molecule has 16 N–H and O–H groups in total. The summed E-state index contributed by atoms with van der Waals surface area (Å²) in [5, 5.41) is 101. The summed E-state index contributed by atoms with van der Waals surface area (Å²) in [4.78, 5) is 12.6. The second-order valence-electron chi connectivity index (χ2n) is 11.9. The van der Waals surface area contributed by atoms with Crippen LogP contribution >= 0.6 is 0 Å². The summed E-state index contributed by atoms with van der Waals surface area (Å²) < 4.78 is 23.1. The van der Waals surface area contributed by atoms with Crippen LogP contribution in [0.3, 0.4) is 0 Å². The van der Waals surface area contributed by atoms with Crippen molar-refractivity contribution in [1.82, 2.24) is 21.0 Å². The topological polar surface area (TPSA) is 327 Å². The first-order chi connectivity index (χ1) is 21.2. The zero-order valence-electron chi connectivity index (χ0n) is 25.2. The monoisotopic (exact) mass is 658 g/mol. The fourth-order valence-corrected chi connectivity index (χ4v) is 5.72. The molecule has 1 aliphatic carbocycles. The Hall–Kier alpha value is -1.41. The zero-order valence-corrected chi connectivity index (χ0v) is 25.2. The van der Waals surface area contributed by atoms with Gasteiger partial charge in [-0.2, -0.15) is 0 Å². The van der Waals surface area contributed by atoms with Gasteiger partial charge in [0.25, 0.3) is 0 Å². The number of nitrogens with zero attached hydrogens (tertiary/aromatic N) is 1. The standard InChI is InChI=1S/C25H50N6O14/c1-25(40)9-42-22(18(38)21(25)28-2)45-20-12(30-24(39)31(41)4-3-26)5-11(27)19(17(20)37)44-23-16(36)15(35)14(34)13(43-23)7-29-6-10(33)8-32/h10-23,28-29,32-38,40-41H,3-9,26-27H2,1-2H3,(H,30,39). The fourth-order valence-electron chi connectivity index (χ4n) is 5.72. The van der Waals surface area contributed by atoms with Crippen molar-refractivity contribution in [3.8, 4) is 0 Å². The van der Waals surface area contributed by atoms with Gasteiger partial charge in [0.2, 0.25) is 0 Å². The number of nitrogens with two attached hydrogens (primary N) is 2. The number of hydroxylamine groups is 2. The van der Waals surface area contributed by atoms with Crippen LogP contribution in [-0.2, 0) is 18.9 Å². The van der Waals surface area contributed by atoms with Crippen LogP contribution < -0.4 is 27.4 Å². The lowest BCUT2D eigenvalue weighted by Crippen LogP contribution is -2.70. The molecule has 2 saturated heterocycles. The smallest absolute Gasteiger partial charge is 0.341 e. The number of carbonyl (C=O) groups is 1. The first kappa shape index (κ1) is 38.0. The minimum absolute atomic E-state index is 0.0528. The van der Waals surface area contributed by atoms with Crippen molar-refractivity contribution < 1.29 is 69.8 Å². The van der Waals surface area contributed by atoms with E-state index in [0.717, 1.165) is 0 Å². The predicted octanol–water partition coefficient (Wildman–Crippen LogP) is -7.62. The maximum Gasteiger partial charge on any atom is 0.341 e. The number of aliphatic hydroxyl groups excluding tert-OH is 7. The van der Waals surface area contributed by atoms with Crippen molar-refractivity contribution in [2.24, 2.45) is 11.5 Å². The van der Waals surface area contributed by atoms with Crippen LogP contribution in [0.2, 0.25) is 0 Å². The number of nitrogens with one attached hydrogen (secondary N) is 3. The number of hydrogen-bond donors (Lipinski definition) is 14. The maximum atomic E-state index is 12.6. The highest BCUT2D eigenvalue weighted by Gasteiger charge is 2.53. The molecule has 2 aliphatic heterocycles. The van der Waals surface area contributed by atoms with Gasteiger partial charge in [-0.25, -0.2) is 9.86 Å². The molecule has 3 fully saturated rings. The van der Waals surface area contributed by atoms with Crippen LogP contribution in [0.4, 0.5) is 4.79 Å². The molecule has 20 nitrogen and oxygen atoms in total. The zero-order chi connectivity index (χ0) is 33.6. The molecule has 0 aromatic rings. The highest BCUT2D eigenvalue weighted by Crippen LogP contribution is 2.32. The molecule has 45 heavy (non-hydrogen) atoms. The number of urea groups is 1. The number of ether oxygens (including phenoxy) is 4. The molecule has 0 spiro atoms. The third-order valence-electron chi connectivity index (χ3n) is 8.23. The molecular weight excluding hydrogens is 608 g/mol. The molecular formula is C25H50N6O14. The molecule has 3 rings (SSSR count). The van der Waals surface area contributed by atoms with Crippen molar-refractivity contribution in [3.63, 3.8) is 0 Å². The lowest BCUT2D eigenvalue weighted by molar-refractivity contribution is -0.330. The molecule has 0 bridgehead atoms. The second-order valence-corrected chi connectivity index (χ2v) is 11.9. The van der Waals surface area contributed by atoms with Crippen molar-refractivity contribution >= 4 is 6.03 Å². The molecule has 0 aromatic heterocycles. The first-order valence-corrected chi connectivity index (χ1v) is 14.8. The van der Waals surface area contributed by atoms with Gasteiger partial charge in [-0.1, -0.05) is 0 Å². The lowest BCUT2D eigenvalue weighted by atomic mass is 9.83. The minimum Gasteiger partial charge on any atom is -0.394 e. The number of likely N-dealkylation sites (N-methyl/N-ethyl adjacent to an activating group) is 1. The van der Waals surface area contributed by atoms with Gasteiger partial charge >= 0.3 is 6.03 Å².